The Morgan fingerprint density at radius 2 is 1.91 bits per heavy atom. The number of halogens is 2. The van der Waals surface area contributed by atoms with Crippen molar-refractivity contribution in [3.8, 4) is 5.75 Å². The summed E-state index contributed by atoms with van der Waals surface area (Å²) >= 11 is 5.86. The van der Waals surface area contributed by atoms with Gasteiger partial charge < -0.3 is 10.1 Å². The fourth-order valence-corrected chi connectivity index (χ4v) is 2.16. The van der Waals surface area contributed by atoms with E-state index in [2.05, 4.69) is 5.32 Å². The van der Waals surface area contributed by atoms with E-state index in [1.165, 1.54) is 12.1 Å². The van der Waals surface area contributed by atoms with E-state index in [0.29, 0.717) is 6.54 Å². The van der Waals surface area contributed by atoms with Crippen LogP contribution in [0, 0.1) is 5.82 Å². The van der Waals surface area contributed by atoms with E-state index in [1.54, 1.807) is 0 Å². The smallest absolute Gasteiger partial charge is 0.253 e. The number of hydrogen-bond donors (Lipinski definition) is 1. The van der Waals surface area contributed by atoms with Gasteiger partial charge in [-0.3, -0.25) is 4.79 Å². The zero-order valence-corrected chi connectivity index (χ0v) is 13.2. The summed E-state index contributed by atoms with van der Waals surface area (Å²) < 4.78 is 18.5. The lowest BCUT2D eigenvalue weighted by atomic mass is 10.2. The van der Waals surface area contributed by atoms with Crippen LogP contribution in [0.4, 0.5) is 4.39 Å². The van der Waals surface area contributed by atoms with Gasteiger partial charge in [0, 0.05) is 6.54 Å². The number of benzene rings is 2. The minimum atomic E-state index is -0.470. The molecule has 0 spiro atoms. The van der Waals surface area contributed by atoms with Gasteiger partial charge in [0.05, 0.1) is 16.7 Å². The van der Waals surface area contributed by atoms with Crippen LogP contribution in [-0.2, 0) is 6.54 Å². The first-order valence-electron chi connectivity index (χ1n) is 6.94. The van der Waals surface area contributed by atoms with Crippen molar-refractivity contribution in [2.75, 3.05) is 0 Å². The Morgan fingerprint density at radius 1 is 1.23 bits per heavy atom. The van der Waals surface area contributed by atoms with Crippen molar-refractivity contribution in [3.63, 3.8) is 0 Å². The van der Waals surface area contributed by atoms with Gasteiger partial charge in [-0.25, -0.2) is 4.39 Å². The van der Waals surface area contributed by atoms with Crippen molar-refractivity contribution >= 4 is 17.5 Å². The van der Waals surface area contributed by atoms with Crippen LogP contribution in [-0.4, -0.2) is 12.0 Å². The summed E-state index contributed by atoms with van der Waals surface area (Å²) in [6.45, 7) is 4.27. The monoisotopic (exact) mass is 321 g/mol. The summed E-state index contributed by atoms with van der Waals surface area (Å²) in [5.74, 6) is -0.0264. The Balaban J connectivity index is 1.96. The highest BCUT2D eigenvalue weighted by molar-refractivity contribution is 6.33. The fourth-order valence-electron chi connectivity index (χ4n) is 1.91. The van der Waals surface area contributed by atoms with Gasteiger partial charge in [0.25, 0.3) is 5.91 Å². The molecule has 0 saturated heterocycles. The summed E-state index contributed by atoms with van der Waals surface area (Å²) in [5, 5.41) is 2.84. The number of carbonyl (C=O) groups excluding carboxylic acids is 1. The van der Waals surface area contributed by atoms with Gasteiger partial charge in [0.2, 0.25) is 0 Å². The molecule has 0 radical (unpaired) electrons. The Kier molecular flexibility index (Phi) is 5.39. The molecule has 2 aromatic rings. The first-order valence-corrected chi connectivity index (χ1v) is 7.32. The summed E-state index contributed by atoms with van der Waals surface area (Å²) in [6, 6.07) is 11.2. The molecule has 5 heteroatoms. The predicted molar refractivity (Wildman–Crippen MR) is 84.8 cm³/mol. The molecule has 116 valence electrons. The molecule has 0 aromatic heterocycles. The third-order valence-electron chi connectivity index (χ3n) is 2.92. The zero-order valence-electron chi connectivity index (χ0n) is 12.4. The van der Waals surface area contributed by atoms with E-state index in [4.69, 9.17) is 16.3 Å². The van der Waals surface area contributed by atoms with E-state index in [-0.39, 0.29) is 22.6 Å². The molecule has 0 fully saturated rings. The fraction of sp³-hybridized carbons (Fsp3) is 0.235. The van der Waals surface area contributed by atoms with Gasteiger partial charge in [0.15, 0.2) is 0 Å². The molecule has 0 bridgehead atoms. The van der Waals surface area contributed by atoms with Crippen LogP contribution in [0.1, 0.15) is 29.8 Å². The predicted octanol–water partition coefficient (Wildman–Crippen LogP) is 4.20. The largest absolute Gasteiger partial charge is 0.491 e. The molecule has 0 aliphatic heterocycles. The number of nitrogens with one attached hydrogen (secondary N) is 1. The van der Waals surface area contributed by atoms with Gasteiger partial charge in [-0.1, -0.05) is 23.7 Å². The topological polar surface area (TPSA) is 38.3 Å². The van der Waals surface area contributed by atoms with Gasteiger partial charge in [-0.15, -0.1) is 0 Å². The van der Waals surface area contributed by atoms with Crippen LogP contribution >= 0.6 is 11.6 Å². The molecule has 2 rings (SSSR count). The molecule has 0 aliphatic rings. The van der Waals surface area contributed by atoms with E-state index < -0.39 is 5.82 Å². The molecular formula is C17H17ClFNO2. The molecule has 2 aromatic carbocycles. The first-order chi connectivity index (χ1) is 10.5. The standard InChI is InChI=1S/C17H17ClFNO2/c1-11(2)22-14-6-3-12(4-7-14)10-20-17(21)15-8-5-13(19)9-16(15)18/h3-9,11H,10H2,1-2H3,(H,20,21). The Hall–Kier alpha value is -2.07. The minimum Gasteiger partial charge on any atom is -0.491 e. The van der Waals surface area contributed by atoms with E-state index in [1.807, 2.05) is 38.1 Å². The normalized spacial score (nSPS) is 10.6. The molecule has 0 unspecified atom stereocenters. The average Bonchev–Trinajstić information content (AvgIpc) is 2.45. The van der Waals surface area contributed by atoms with Crippen molar-refractivity contribution in [1.82, 2.24) is 5.32 Å². The van der Waals surface area contributed by atoms with Gasteiger partial charge in [-0.2, -0.15) is 0 Å². The molecule has 0 heterocycles. The van der Waals surface area contributed by atoms with Crippen LogP contribution in [0.3, 0.4) is 0 Å². The maximum Gasteiger partial charge on any atom is 0.253 e. The highest BCUT2D eigenvalue weighted by atomic mass is 35.5. The second kappa shape index (κ2) is 7.27. The van der Waals surface area contributed by atoms with E-state index in [0.717, 1.165) is 17.4 Å². The van der Waals surface area contributed by atoms with Crippen LogP contribution in [0.25, 0.3) is 0 Å². The molecule has 1 N–H and O–H groups in total. The minimum absolute atomic E-state index is 0.0955. The second-order valence-electron chi connectivity index (χ2n) is 5.12. The summed E-state index contributed by atoms with van der Waals surface area (Å²) in [7, 11) is 0. The number of amides is 1. The summed E-state index contributed by atoms with van der Waals surface area (Å²) in [6.07, 6.45) is 0.117. The van der Waals surface area contributed by atoms with Crippen molar-refractivity contribution < 1.29 is 13.9 Å². The van der Waals surface area contributed by atoms with Crippen molar-refractivity contribution in [2.45, 2.75) is 26.5 Å². The van der Waals surface area contributed by atoms with Gasteiger partial charge in [0.1, 0.15) is 11.6 Å². The molecule has 22 heavy (non-hydrogen) atoms. The SMILES string of the molecule is CC(C)Oc1ccc(CNC(=O)c2ccc(F)cc2Cl)cc1. The summed E-state index contributed by atoms with van der Waals surface area (Å²) in [5.41, 5.74) is 1.19. The van der Waals surface area contributed by atoms with Crippen molar-refractivity contribution in [3.05, 3.63) is 64.4 Å². The first kappa shape index (κ1) is 16.3. The zero-order chi connectivity index (χ0) is 16.1. The molecule has 0 saturated carbocycles. The van der Waals surface area contributed by atoms with Crippen LogP contribution in [0.5, 0.6) is 5.75 Å². The highest BCUT2D eigenvalue weighted by Gasteiger charge is 2.10. The number of rotatable bonds is 5. The maximum atomic E-state index is 13.0. The molecular weight excluding hydrogens is 305 g/mol. The molecule has 0 aliphatic carbocycles. The van der Waals surface area contributed by atoms with Gasteiger partial charge in [-0.05, 0) is 49.7 Å². The van der Waals surface area contributed by atoms with Crippen LogP contribution < -0.4 is 10.1 Å². The average molecular weight is 322 g/mol. The number of hydrogen-bond acceptors (Lipinski definition) is 2. The third kappa shape index (κ3) is 4.46. The lowest BCUT2D eigenvalue weighted by molar-refractivity contribution is 0.0951. The third-order valence-corrected chi connectivity index (χ3v) is 3.24. The second-order valence-corrected chi connectivity index (χ2v) is 5.52. The van der Waals surface area contributed by atoms with Crippen LogP contribution in [0.15, 0.2) is 42.5 Å². The number of ether oxygens (including phenoxy) is 1. The molecule has 3 nitrogen and oxygen atoms in total. The van der Waals surface area contributed by atoms with Crippen LogP contribution in [0.2, 0.25) is 5.02 Å². The Morgan fingerprint density at radius 3 is 2.50 bits per heavy atom. The van der Waals surface area contributed by atoms with E-state index in [9.17, 15) is 9.18 Å². The highest BCUT2D eigenvalue weighted by Crippen LogP contribution is 2.18. The molecule has 1 amide bonds. The van der Waals surface area contributed by atoms with Crippen molar-refractivity contribution in [1.29, 1.82) is 0 Å². The number of carbonyl (C=O) groups is 1. The Labute approximate surface area is 134 Å². The maximum absolute atomic E-state index is 13.0. The quantitative estimate of drug-likeness (QED) is 0.896. The summed E-state index contributed by atoms with van der Waals surface area (Å²) in [4.78, 5) is 12.0. The molecule has 0 atom stereocenters. The van der Waals surface area contributed by atoms with E-state index >= 15 is 0 Å². The Bertz CT molecular complexity index is 656. The van der Waals surface area contributed by atoms with Crippen molar-refractivity contribution in [2.24, 2.45) is 0 Å². The van der Waals surface area contributed by atoms with Gasteiger partial charge >= 0.3 is 0 Å². The lowest BCUT2D eigenvalue weighted by Crippen LogP contribution is -2.23. The lowest BCUT2D eigenvalue weighted by Gasteiger charge is -2.11.